The van der Waals surface area contributed by atoms with E-state index >= 15 is 0 Å². The van der Waals surface area contributed by atoms with E-state index in [4.69, 9.17) is 4.74 Å². The van der Waals surface area contributed by atoms with Crippen LogP contribution >= 0.6 is 0 Å². The van der Waals surface area contributed by atoms with Crippen LogP contribution in [0.25, 0.3) is 0 Å². The summed E-state index contributed by atoms with van der Waals surface area (Å²) in [5.41, 5.74) is 4.30. The van der Waals surface area contributed by atoms with Crippen LogP contribution < -0.4 is 5.43 Å². The van der Waals surface area contributed by atoms with Crippen LogP contribution in [0.15, 0.2) is 35.4 Å². The summed E-state index contributed by atoms with van der Waals surface area (Å²) < 4.78 is 5.55. The molecule has 4 heteroatoms. The number of hydrogen-bond donors (Lipinski definition) is 1. The number of hydrazone groups is 1. The maximum Gasteiger partial charge on any atom is 0.324 e. The normalized spacial score (nSPS) is 23.3. The van der Waals surface area contributed by atoms with Crippen LogP contribution in [0.2, 0.25) is 0 Å². The van der Waals surface area contributed by atoms with Crippen LogP contribution in [0, 0.1) is 11.8 Å². The van der Waals surface area contributed by atoms with E-state index in [-0.39, 0.29) is 12.0 Å². The van der Waals surface area contributed by atoms with Crippen LogP contribution in [0.3, 0.4) is 0 Å². The molecule has 2 unspecified atom stereocenters. The van der Waals surface area contributed by atoms with E-state index in [1.54, 1.807) is 0 Å². The summed E-state index contributed by atoms with van der Waals surface area (Å²) in [6.07, 6.45) is 1.63. The van der Waals surface area contributed by atoms with Crippen LogP contribution in [0.1, 0.15) is 53.0 Å². The topological polar surface area (TPSA) is 50.7 Å². The van der Waals surface area contributed by atoms with Crippen LogP contribution in [-0.4, -0.2) is 24.3 Å². The molecule has 1 heterocycles. The summed E-state index contributed by atoms with van der Waals surface area (Å²) in [7, 11) is 0. The number of nitrogens with one attached hydrogen (secondary N) is 1. The Labute approximate surface area is 145 Å². The molecule has 0 aromatic heterocycles. The molecule has 0 radical (unpaired) electrons. The lowest BCUT2D eigenvalue weighted by atomic mass is 9.67. The predicted molar refractivity (Wildman–Crippen MR) is 98.0 cm³/mol. The molecule has 0 bridgehead atoms. The first-order chi connectivity index (χ1) is 11.4. The van der Waals surface area contributed by atoms with Gasteiger partial charge in [0.05, 0.1) is 18.4 Å². The highest BCUT2D eigenvalue weighted by molar-refractivity contribution is 6.14. The van der Waals surface area contributed by atoms with Crippen molar-refractivity contribution in [1.29, 1.82) is 0 Å². The molecule has 1 aliphatic heterocycles. The van der Waals surface area contributed by atoms with Gasteiger partial charge in [-0.25, -0.2) is 0 Å². The number of ether oxygens (including phenoxy) is 1. The highest BCUT2D eigenvalue weighted by atomic mass is 16.5. The molecule has 2 rings (SSSR count). The van der Waals surface area contributed by atoms with E-state index in [2.05, 4.69) is 38.2 Å². The lowest BCUT2D eigenvalue weighted by molar-refractivity contribution is -0.148. The van der Waals surface area contributed by atoms with Gasteiger partial charge < -0.3 is 10.2 Å². The average Bonchev–Trinajstić information content (AvgIpc) is 2.86. The van der Waals surface area contributed by atoms with Crippen LogP contribution in [-0.2, 0) is 14.9 Å². The molecule has 132 valence electrons. The molecule has 2 atom stereocenters. The summed E-state index contributed by atoms with van der Waals surface area (Å²) in [4.78, 5) is 13.2. The van der Waals surface area contributed by atoms with E-state index in [0.717, 1.165) is 24.1 Å². The van der Waals surface area contributed by atoms with Gasteiger partial charge in [-0.15, -0.1) is 0 Å². The summed E-state index contributed by atoms with van der Waals surface area (Å²) in [5.74, 6) is 0.681. The zero-order valence-electron chi connectivity index (χ0n) is 15.5. The van der Waals surface area contributed by atoms with Gasteiger partial charge in [-0.1, -0.05) is 58.0 Å². The zero-order chi connectivity index (χ0) is 17.7. The molecule has 1 aliphatic rings. The highest BCUT2D eigenvalue weighted by Gasteiger charge is 2.55. The van der Waals surface area contributed by atoms with E-state index in [1.165, 1.54) is 0 Å². The molecule has 0 amide bonds. The Hall–Kier alpha value is -1.84. The molecule has 24 heavy (non-hydrogen) atoms. The van der Waals surface area contributed by atoms with Gasteiger partial charge in [0.25, 0.3) is 0 Å². The van der Waals surface area contributed by atoms with E-state index in [9.17, 15) is 4.79 Å². The van der Waals surface area contributed by atoms with Gasteiger partial charge in [0.2, 0.25) is 0 Å². The maximum absolute atomic E-state index is 13.2. The molecule has 4 nitrogen and oxygen atoms in total. The van der Waals surface area contributed by atoms with Crippen molar-refractivity contribution in [2.75, 3.05) is 6.61 Å². The predicted octanol–water partition coefficient (Wildman–Crippen LogP) is 3.91. The lowest BCUT2D eigenvalue weighted by Gasteiger charge is -2.35. The van der Waals surface area contributed by atoms with Gasteiger partial charge in [0.1, 0.15) is 0 Å². The number of nitrogens with zero attached hydrogens (tertiary/aromatic N) is 1. The summed E-state index contributed by atoms with van der Waals surface area (Å²) >= 11 is 0. The minimum Gasteiger partial charge on any atom is -0.465 e. The molecule has 1 N–H and O–H groups in total. The number of esters is 1. The Morgan fingerprint density at radius 2 is 1.88 bits per heavy atom. The lowest BCUT2D eigenvalue weighted by Crippen LogP contribution is -2.54. The number of hydrogen-bond acceptors (Lipinski definition) is 4. The van der Waals surface area contributed by atoms with Gasteiger partial charge in [0.15, 0.2) is 5.41 Å². The summed E-state index contributed by atoms with van der Waals surface area (Å²) in [5, 5.41) is 4.61. The molecule has 0 spiro atoms. The van der Waals surface area contributed by atoms with Gasteiger partial charge in [-0.3, -0.25) is 4.79 Å². The first kappa shape index (κ1) is 18.5. The Bertz CT molecular complexity index is 581. The molecule has 1 aromatic carbocycles. The molecule has 1 aromatic rings. The number of rotatable bonds is 7. The fraction of sp³-hybridized carbons (Fsp3) is 0.600. The highest BCUT2D eigenvalue weighted by Crippen LogP contribution is 2.39. The monoisotopic (exact) mass is 330 g/mol. The quantitative estimate of drug-likeness (QED) is 0.771. The molecule has 0 saturated carbocycles. The van der Waals surface area contributed by atoms with Crippen molar-refractivity contribution in [2.45, 2.75) is 58.9 Å². The Balaban J connectivity index is 2.58. The molecule has 0 fully saturated rings. The fourth-order valence-corrected chi connectivity index (χ4v) is 3.53. The standard InChI is InChI=1S/C20H30N2O2/c1-6-24-19(23)20(16-10-8-7-9-11-16)17(12-14(2)3)21-22-18(20)13-15(4)5/h7-11,14-15,17,21H,6,12-13H2,1-5H3. The van der Waals surface area contributed by atoms with Gasteiger partial charge in [0, 0.05) is 0 Å². The molecular formula is C20H30N2O2. The minimum absolute atomic E-state index is 0.0762. The van der Waals surface area contributed by atoms with Crippen LogP contribution in [0.4, 0.5) is 0 Å². The van der Waals surface area contributed by atoms with Crippen molar-refractivity contribution in [2.24, 2.45) is 16.9 Å². The largest absolute Gasteiger partial charge is 0.465 e. The zero-order valence-corrected chi connectivity index (χ0v) is 15.5. The fourth-order valence-electron chi connectivity index (χ4n) is 3.53. The van der Waals surface area contributed by atoms with Crippen molar-refractivity contribution in [3.63, 3.8) is 0 Å². The Morgan fingerprint density at radius 3 is 2.42 bits per heavy atom. The molecule has 0 saturated heterocycles. The SMILES string of the molecule is CCOC(=O)C1(c2ccccc2)C(CC(C)C)=NNC1CC(C)C. The van der Waals surface area contributed by atoms with Gasteiger partial charge >= 0.3 is 5.97 Å². The van der Waals surface area contributed by atoms with Crippen molar-refractivity contribution < 1.29 is 9.53 Å². The van der Waals surface area contributed by atoms with Crippen molar-refractivity contribution >= 4 is 11.7 Å². The average molecular weight is 330 g/mol. The minimum atomic E-state index is -0.828. The first-order valence-corrected chi connectivity index (χ1v) is 8.98. The second kappa shape index (κ2) is 7.82. The number of carbonyl (C=O) groups is 1. The van der Waals surface area contributed by atoms with E-state index < -0.39 is 5.41 Å². The van der Waals surface area contributed by atoms with Crippen LogP contribution in [0.5, 0.6) is 0 Å². The van der Waals surface area contributed by atoms with Crippen molar-refractivity contribution in [3.05, 3.63) is 35.9 Å². The maximum atomic E-state index is 13.2. The van der Waals surface area contributed by atoms with Gasteiger partial charge in [-0.05, 0) is 37.2 Å². The number of carbonyl (C=O) groups excluding carboxylic acids is 1. The van der Waals surface area contributed by atoms with Gasteiger partial charge in [-0.2, -0.15) is 5.10 Å². The molecular weight excluding hydrogens is 300 g/mol. The van der Waals surface area contributed by atoms with Crippen molar-refractivity contribution in [3.8, 4) is 0 Å². The van der Waals surface area contributed by atoms with Crippen molar-refractivity contribution in [1.82, 2.24) is 5.43 Å². The third-order valence-corrected chi connectivity index (χ3v) is 4.47. The smallest absolute Gasteiger partial charge is 0.324 e. The van der Waals surface area contributed by atoms with E-state index in [0.29, 0.717) is 18.4 Å². The summed E-state index contributed by atoms with van der Waals surface area (Å²) in [6.45, 7) is 10.9. The molecule has 0 aliphatic carbocycles. The second-order valence-corrected chi connectivity index (χ2v) is 7.36. The summed E-state index contributed by atoms with van der Waals surface area (Å²) in [6, 6.07) is 9.90. The third-order valence-electron chi connectivity index (χ3n) is 4.47. The Kier molecular flexibility index (Phi) is 6.03. The van der Waals surface area contributed by atoms with E-state index in [1.807, 2.05) is 37.3 Å². The first-order valence-electron chi connectivity index (χ1n) is 8.98. The third kappa shape index (κ3) is 3.47. The number of benzene rings is 1. The Morgan fingerprint density at radius 1 is 1.21 bits per heavy atom. The second-order valence-electron chi connectivity index (χ2n) is 7.36.